The second-order valence-electron chi connectivity index (χ2n) is 7.93. The molecule has 4 rings (SSSR count). The van der Waals surface area contributed by atoms with Crippen molar-refractivity contribution in [1.82, 2.24) is 5.32 Å². The SMILES string of the molecule is CC(C)N[C@H]1c2ccccc2N(C(=O)OCc2ccccc2)[C@@H]2CCC[C@@H]21. The van der Waals surface area contributed by atoms with E-state index in [2.05, 4.69) is 37.4 Å². The molecule has 27 heavy (non-hydrogen) atoms. The number of rotatable bonds is 4. The summed E-state index contributed by atoms with van der Waals surface area (Å²) in [5.74, 6) is 0.437. The highest BCUT2D eigenvalue weighted by Gasteiger charge is 2.46. The molecular weight excluding hydrogens is 336 g/mol. The quantitative estimate of drug-likeness (QED) is 0.825. The smallest absolute Gasteiger partial charge is 0.414 e. The molecule has 4 heteroatoms. The van der Waals surface area contributed by atoms with Crippen LogP contribution in [0.15, 0.2) is 54.6 Å². The molecule has 1 aliphatic carbocycles. The van der Waals surface area contributed by atoms with Crippen molar-refractivity contribution in [1.29, 1.82) is 0 Å². The van der Waals surface area contributed by atoms with Crippen molar-refractivity contribution in [3.63, 3.8) is 0 Å². The highest BCUT2D eigenvalue weighted by molar-refractivity contribution is 5.90. The summed E-state index contributed by atoms with van der Waals surface area (Å²) < 4.78 is 5.72. The van der Waals surface area contributed by atoms with Crippen molar-refractivity contribution < 1.29 is 9.53 Å². The summed E-state index contributed by atoms with van der Waals surface area (Å²) in [5.41, 5.74) is 3.22. The molecule has 2 aromatic carbocycles. The number of ether oxygens (including phenoxy) is 1. The molecule has 0 radical (unpaired) electrons. The monoisotopic (exact) mass is 364 g/mol. The lowest BCUT2D eigenvalue weighted by Crippen LogP contribution is -2.51. The normalized spacial score (nSPS) is 23.8. The predicted molar refractivity (Wildman–Crippen MR) is 108 cm³/mol. The molecule has 3 atom stereocenters. The maximum atomic E-state index is 13.1. The zero-order valence-corrected chi connectivity index (χ0v) is 16.1. The average molecular weight is 364 g/mol. The maximum absolute atomic E-state index is 13.1. The standard InChI is InChI=1S/C23H28N2O2/c1-16(2)24-22-18-11-6-7-13-20(18)25(21-14-8-12-19(21)22)23(26)27-15-17-9-4-3-5-10-17/h3-7,9-11,13,16,19,21-22,24H,8,12,14-15H2,1-2H3/t19-,21+,22-/m0/s1. The fourth-order valence-corrected chi connectivity index (χ4v) is 4.65. The third-order valence-corrected chi connectivity index (χ3v) is 5.74. The molecular formula is C23H28N2O2. The van der Waals surface area contributed by atoms with Crippen molar-refractivity contribution in [2.45, 2.75) is 57.8 Å². The number of fused-ring (bicyclic) bond motifs is 2. The molecule has 1 saturated carbocycles. The first-order chi connectivity index (χ1) is 13.1. The van der Waals surface area contributed by atoms with Crippen LogP contribution >= 0.6 is 0 Å². The van der Waals surface area contributed by atoms with E-state index < -0.39 is 0 Å². The molecule has 1 aliphatic heterocycles. The van der Waals surface area contributed by atoms with Gasteiger partial charge in [0, 0.05) is 18.1 Å². The van der Waals surface area contributed by atoms with E-state index in [1.54, 1.807) is 0 Å². The number of para-hydroxylation sites is 1. The Kier molecular flexibility index (Phi) is 5.17. The van der Waals surface area contributed by atoms with E-state index in [0.717, 1.165) is 30.5 Å². The van der Waals surface area contributed by atoms with Gasteiger partial charge in [0.05, 0.1) is 5.69 Å². The summed E-state index contributed by atoms with van der Waals surface area (Å²) >= 11 is 0. The Labute approximate surface area is 161 Å². The minimum Gasteiger partial charge on any atom is -0.444 e. The van der Waals surface area contributed by atoms with Gasteiger partial charge in [-0.1, -0.05) is 68.8 Å². The number of carbonyl (C=O) groups is 1. The zero-order chi connectivity index (χ0) is 18.8. The van der Waals surface area contributed by atoms with Crippen LogP contribution in [-0.2, 0) is 11.3 Å². The lowest BCUT2D eigenvalue weighted by Gasteiger charge is -2.44. The first kappa shape index (κ1) is 18.1. The fraction of sp³-hybridized carbons (Fsp3) is 0.435. The summed E-state index contributed by atoms with van der Waals surface area (Å²) in [5, 5.41) is 3.75. The van der Waals surface area contributed by atoms with Gasteiger partial charge in [0.25, 0.3) is 0 Å². The van der Waals surface area contributed by atoms with Gasteiger partial charge in [0.1, 0.15) is 6.61 Å². The number of hydrogen-bond donors (Lipinski definition) is 1. The topological polar surface area (TPSA) is 41.6 Å². The summed E-state index contributed by atoms with van der Waals surface area (Å²) in [4.78, 5) is 15.0. The lowest BCUT2D eigenvalue weighted by atomic mass is 9.82. The Morgan fingerprint density at radius 3 is 2.63 bits per heavy atom. The number of anilines is 1. The van der Waals surface area contributed by atoms with Crippen LogP contribution in [0.1, 0.15) is 50.3 Å². The largest absolute Gasteiger partial charge is 0.444 e. The Balaban J connectivity index is 1.62. The van der Waals surface area contributed by atoms with Crippen molar-refractivity contribution >= 4 is 11.8 Å². The van der Waals surface area contributed by atoms with E-state index in [0.29, 0.717) is 24.6 Å². The first-order valence-electron chi connectivity index (χ1n) is 10.00. The molecule has 0 saturated heterocycles. The molecule has 0 aromatic heterocycles. The van der Waals surface area contributed by atoms with Gasteiger partial charge in [0.15, 0.2) is 0 Å². The van der Waals surface area contributed by atoms with Crippen LogP contribution in [0.25, 0.3) is 0 Å². The molecule has 4 nitrogen and oxygen atoms in total. The Hall–Kier alpha value is -2.33. The molecule has 1 fully saturated rings. The van der Waals surface area contributed by atoms with Gasteiger partial charge in [-0.25, -0.2) is 4.79 Å². The molecule has 0 bridgehead atoms. The van der Waals surface area contributed by atoms with Gasteiger partial charge < -0.3 is 10.1 Å². The van der Waals surface area contributed by atoms with Gasteiger partial charge in [-0.15, -0.1) is 0 Å². The minimum absolute atomic E-state index is 0.208. The van der Waals surface area contributed by atoms with Crippen LogP contribution in [0.5, 0.6) is 0 Å². The molecule has 0 spiro atoms. The number of nitrogens with one attached hydrogen (secondary N) is 1. The fourth-order valence-electron chi connectivity index (χ4n) is 4.65. The average Bonchev–Trinajstić information content (AvgIpc) is 3.16. The molecule has 2 aromatic rings. The van der Waals surface area contributed by atoms with Crippen molar-refractivity contribution in [2.24, 2.45) is 5.92 Å². The Morgan fingerprint density at radius 1 is 1.11 bits per heavy atom. The third-order valence-electron chi connectivity index (χ3n) is 5.74. The molecule has 1 amide bonds. The van der Waals surface area contributed by atoms with E-state index in [9.17, 15) is 4.79 Å². The predicted octanol–water partition coefficient (Wildman–Crippen LogP) is 5.05. The van der Waals surface area contributed by atoms with Crippen LogP contribution in [0, 0.1) is 5.92 Å². The van der Waals surface area contributed by atoms with Crippen molar-refractivity contribution in [3.8, 4) is 0 Å². The van der Waals surface area contributed by atoms with Crippen LogP contribution in [-0.4, -0.2) is 18.2 Å². The van der Waals surface area contributed by atoms with Crippen LogP contribution in [0.2, 0.25) is 0 Å². The van der Waals surface area contributed by atoms with Crippen molar-refractivity contribution in [2.75, 3.05) is 4.90 Å². The second kappa shape index (κ2) is 7.73. The summed E-state index contributed by atoms with van der Waals surface area (Å²) in [6.07, 6.45) is 3.11. The third kappa shape index (κ3) is 3.59. The van der Waals surface area contributed by atoms with Gasteiger partial charge in [0.2, 0.25) is 0 Å². The second-order valence-corrected chi connectivity index (χ2v) is 7.93. The maximum Gasteiger partial charge on any atom is 0.414 e. The molecule has 142 valence electrons. The number of amides is 1. The highest BCUT2D eigenvalue weighted by atomic mass is 16.6. The number of nitrogens with zero attached hydrogens (tertiary/aromatic N) is 1. The number of hydrogen-bond acceptors (Lipinski definition) is 3. The summed E-state index contributed by atoms with van der Waals surface area (Å²) in [7, 11) is 0. The van der Waals surface area contributed by atoms with Gasteiger partial charge in [-0.3, -0.25) is 4.90 Å². The van der Waals surface area contributed by atoms with Gasteiger partial charge in [-0.05, 0) is 36.0 Å². The summed E-state index contributed by atoms with van der Waals surface area (Å²) in [6, 6.07) is 19.1. The van der Waals surface area contributed by atoms with Crippen LogP contribution < -0.4 is 10.2 Å². The van der Waals surface area contributed by atoms with Crippen LogP contribution in [0.3, 0.4) is 0 Å². The highest BCUT2D eigenvalue weighted by Crippen LogP contribution is 2.48. The van der Waals surface area contributed by atoms with E-state index in [1.165, 1.54) is 5.56 Å². The van der Waals surface area contributed by atoms with E-state index in [1.807, 2.05) is 41.3 Å². The minimum atomic E-state index is -0.230. The Morgan fingerprint density at radius 2 is 1.85 bits per heavy atom. The molecule has 1 N–H and O–H groups in total. The van der Waals surface area contributed by atoms with Gasteiger partial charge in [-0.2, -0.15) is 0 Å². The molecule has 2 aliphatic rings. The number of carbonyl (C=O) groups excluding carboxylic acids is 1. The number of benzene rings is 2. The lowest BCUT2D eigenvalue weighted by molar-refractivity contribution is 0.139. The van der Waals surface area contributed by atoms with Gasteiger partial charge >= 0.3 is 6.09 Å². The van der Waals surface area contributed by atoms with Crippen molar-refractivity contribution in [3.05, 3.63) is 65.7 Å². The van der Waals surface area contributed by atoms with E-state index in [4.69, 9.17) is 4.74 Å². The molecule has 1 heterocycles. The van der Waals surface area contributed by atoms with E-state index in [-0.39, 0.29) is 12.1 Å². The van der Waals surface area contributed by atoms with Crippen LogP contribution in [0.4, 0.5) is 10.5 Å². The zero-order valence-electron chi connectivity index (χ0n) is 16.1. The summed E-state index contributed by atoms with van der Waals surface area (Å²) in [6.45, 7) is 4.68. The Bertz CT molecular complexity index is 790. The molecule has 0 unspecified atom stereocenters. The first-order valence-corrected chi connectivity index (χ1v) is 10.00. The van der Waals surface area contributed by atoms with E-state index >= 15 is 0 Å².